The van der Waals surface area contributed by atoms with Crippen LogP contribution in [0.5, 0.6) is 0 Å². The number of para-hydroxylation sites is 2. The van der Waals surface area contributed by atoms with E-state index in [1.165, 1.54) is 44.5 Å². The largest absolute Gasteiger partial charge is 0.456 e. The van der Waals surface area contributed by atoms with Crippen molar-refractivity contribution in [1.29, 1.82) is 5.26 Å². The van der Waals surface area contributed by atoms with Gasteiger partial charge in [0.2, 0.25) is 5.95 Å². The zero-order chi connectivity index (χ0) is 38.8. The molecule has 0 saturated heterocycles. The number of aromatic nitrogens is 4. The Kier molecular flexibility index (Phi) is 6.35. The average molecular weight is 752 g/mol. The summed E-state index contributed by atoms with van der Waals surface area (Å²) in [5.41, 5.74) is 15.3. The van der Waals surface area contributed by atoms with Crippen LogP contribution in [0.4, 0.5) is 0 Å². The number of rotatable bonds is 3. The molecule has 272 valence electrons. The smallest absolute Gasteiger partial charge is 0.238 e. The van der Waals surface area contributed by atoms with Crippen molar-refractivity contribution in [3.63, 3.8) is 0 Å². The van der Waals surface area contributed by atoms with Gasteiger partial charge in [-0.1, -0.05) is 127 Å². The first-order valence-electron chi connectivity index (χ1n) is 19.8. The Hall–Kier alpha value is -8.14. The lowest BCUT2D eigenvalue weighted by Crippen LogP contribution is -2.25. The molecule has 0 amide bonds. The Morgan fingerprint density at radius 2 is 1.05 bits per heavy atom. The molecule has 0 saturated carbocycles. The fraction of sp³-hybridized carbons (Fsp3) is 0.0189. The topological polar surface area (TPSA) is 80.5 Å². The second-order valence-electron chi connectivity index (χ2n) is 15.4. The lowest BCUT2D eigenvalue weighted by molar-refractivity contribution is 0.669. The van der Waals surface area contributed by atoms with Gasteiger partial charge in [0, 0.05) is 38.2 Å². The van der Waals surface area contributed by atoms with Gasteiger partial charge in [0.25, 0.3) is 0 Å². The zero-order valence-electron chi connectivity index (χ0n) is 31.4. The Bertz CT molecular complexity index is 3600. The molecule has 6 nitrogen and oxygen atoms in total. The molecule has 0 aliphatic heterocycles. The van der Waals surface area contributed by atoms with Crippen LogP contribution in [-0.4, -0.2) is 19.5 Å². The number of furan rings is 1. The van der Waals surface area contributed by atoms with Gasteiger partial charge in [-0.25, -0.2) is 4.98 Å². The second kappa shape index (κ2) is 11.7. The van der Waals surface area contributed by atoms with Crippen molar-refractivity contribution in [2.24, 2.45) is 0 Å². The summed E-state index contributed by atoms with van der Waals surface area (Å²) in [6.45, 7) is 0. The molecule has 0 unspecified atom stereocenters. The van der Waals surface area contributed by atoms with Crippen molar-refractivity contribution in [1.82, 2.24) is 19.5 Å². The van der Waals surface area contributed by atoms with E-state index in [0.29, 0.717) is 23.2 Å². The van der Waals surface area contributed by atoms with Gasteiger partial charge in [0.15, 0.2) is 11.6 Å². The molecule has 2 aliphatic rings. The molecule has 6 heteroatoms. The van der Waals surface area contributed by atoms with Gasteiger partial charge in [0.05, 0.1) is 28.1 Å². The fourth-order valence-corrected chi connectivity index (χ4v) is 10.1. The van der Waals surface area contributed by atoms with Crippen molar-refractivity contribution < 1.29 is 4.42 Å². The minimum Gasteiger partial charge on any atom is -0.456 e. The molecular weight excluding hydrogens is 723 g/mol. The fourth-order valence-electron chi connectivity index (χ4n) is 10.1. The summed E-state index contributed by atoms with van der Waals surface area (Å²) in [4.78, 5) is 15.8. The molecule has 59 heavy (non-hydrogen) atoms. The van der Waals surface area contributed by atoms with Crippen molar-refractivity contribution in [3.05, 3.63) is 204 Å². The number of hydrogen-bond donors (Lipinski definition) is 0. The molecule has 0 bridgehead atoms. The highest BCUT2D eigenvalue weighted by Crippen LogP contribution is 2.64. The Balaban J connectivity index is 1.14. The standard InChI is InChI=1S/C53H29N5O/c54-30-31-21-23-32(24-22-31)50-55-51(33-25-26-38-37-14-5-10-20-46(37)59-47(38)29-33)57-52(56-50)58-45-19-9-4-13-36(45)39-27-28-44-48(49(39)58)40-15-3-8-18-43(40)53(44)41-16-6-1-11-34(41)35-12-2-7-17-42(35)53/h1-29H. The minimum atomic E-state index is -0.505. The van der Waals surface area contributed by atoms with E-state index in [2.05, 4.69) is 138 Å². The molecule has 1 spiro atoms. The molecular formula is C53H29N5O. The quantitative estimate of drug-likeness (QED) is 0.180. The van der Waals surface area contributed by atoms with E-state index in [0.717, 1.165) is 54.9 Å². The third kappa shape index (κ3) is 4.20. The summed E-state index contributed by atoms with van der Waals surface area (Å²) in [6, 6.07) is 63.8. The first kappa shape index (κ1) is 32.0. The van der Waals surface area contributed by atoms with Gasteiger partial charge in [-0.05, 0) is 87.5 Å². The summed E-state index contributed by atoms with van der Waals surface area (Å²) in [5, 5.41) is 14.0. The first-order chi connectivity index (χ1) is 29.2. The van der Waals surface area contributed by atoms with Crippen molar-refractivity contribution in [2.45, 2.75) is 5.41 Å². The third-order valence-corrected chi connectivity index (χ3v) is 12.5. The van der Waals surface area contributed by atoms with E-state index in [-0.39, 0.29) is 0 Å². The van der Waals surface area contributed by atoms with E-state index in [9.17, 15) is 5.26 Å². The number of fused-ring (bicyclic) bond motifs is 17. The van der Waals surface area contributed by atoms with Crippen LogP contribution in [0, 0.1) is 11.3 Å². The first-order valence-corrected chi connectivity index (χ1v) is 19.8. The molecule has 0 radical (unpaired) electrons. The van der Waals surface area contributed by atoms with Crippen LogP contribution >= 0.6 is 0 Å². The monoisotopic (exact) mass is 751 g/mol. The lowest BCUT2D eigenvalue weighted by Gasteiger charge is -2.30. The second-order valence-corrected chi connectivity index (χ2v) is 15.4. The van der Waals surface area contributed by atoms with Gasteiger partial charge in [-0.2, -0.15) is 15.2 Å². The van der Waals surface area contributed by atoms with Gasteiger partial charge in [-0.3, -0.25) is 4.57 Å². The maximum atomic E-state index is 9.63. The molecule has 13 rings (SSSR count). The summed E-state index contributed by atoms with van der Waals surface area (Å²) < 4.78 is 8.59. The van der Waals surface area contributed by atoms with Crippen LogP contribution in [0.3, 0.4) is 0 Å². The van der Waals surface area contributed by atoms with Gasteiger partial charge >= 0.3 is 0 Å². The van der Waals surface area contributed by atoms with E-state index in [1.54, 1.807) is 12.1 Å². The Morgan fingerprint density at radius 3 is 1.80 bits per heavy atom. The summed E-state index contributed by atoms with van der Waals surface area (Å²) in [6.07, 6.45) is 0. The van der Waals surface area contributed by atoms with Crippen LogP contribution in [0.2, 0.25) is 0 Å². The van der Waals surface area contributed by atoms with Crippen molar-refractivity contribution in [2.75, 3.05) is 0 Å². The van der Waals surface area contributed by atoms with Crippen LogP contribution in [-0.2, 0) is 5.41 Å². The van der Waals surface area contributed by atoms with E-state index in [1.807, 2.05) is 36.4 Å². The Morgan fingerprint density at radius 1 is 0.475 bits per heavy atom. The van der Waals surface area contributed by atoms with Crippen molar-refractivity contribution >= 4 is 43.7 Å². The number of nitrogens with zero attached hydrogens (tertiary/aromatic N) is 5. The lowest BCUT2D eigenvalue weighted by atomic mass is 9.70. The minimum absolute atomic E-state index is 0.504. The molecule has 3 heterocycles. The highest BCUT2D eigenvalue weighted by atomic mass is 16.3. The van der Waals surface area contributed by atoms with Crippen LogP contribution in [0.25, 0.3) is 94.7 Å². The number of nitriles is 1. The van der Waals surface area contributed by atoms with Crippen LogP contribution < -0.4 is 0 Å². The summed E-state index contributed by atoms with van der Waals surface area (Å²) >= 11 is 0. The predicted octanol–water partition coefficient (Wildman–Crippen LogP) is 12.4. The van der Waals surface area contributed by atoms with Gasteiger partial charge in [-0.15, -0.1) is 0 Å². The normalized spacial score (nSPS) is 13.2. The van der Waals surface area contributed by atoms with Crippen molar-refractivity contribution in [3.8, 4) is 57.0 Å². The molecule has 0 atom stereocenters. The third-order valence-electron chi connectivity index (χ3n) is 12.5. The molecule has 2 aliphatic carbocycles. The molecule has 0 fully saturated rings. The molecule has 3 aromatic heterocycles. The van der Waals surface area contributed by atoms with E-state index >= 15 is 0 Å². The molecule has 11 aromatic rings. The van der Waals surface area contributed by atoms with E-state index in [4.69, 9.17) is 19.4 Å². The number of hydrogen-bond acceptors (Lipinski definition) is 5. The predicted molar refractivity (Wildman–Crippen MR) is 233 cm³/mol. The molecule has 8 aromatic carbocycles. The highest BCUT2D eigenvalue weighted by molar-refractivity contribution is 6.16. The zero-order valence-corrected chi connectivity index (χ0v) is 31.4. The maximum absolute atomic E-state index is 9.63. The number of benzene rings is 8. The van der Waals surface area contributed by atoms with Gasteiger partial charge in [0.1, 0.15) is 11.2 Å². The summed E-state index contributed by atoms with van der Waals surface area (Å²) in [7, 11) is 0. The van der Waals surface area contributed by atoms with Gasteiger partial charge < -0.3 is 4.42 Å². The van der Waals surface area contributed by atoms with Crippen LogP contribution in [0.15, 0.2) is 180 Å². The summed E-state index contributed by atoms with van der Waals surface area (Å²) in [5.74, 6) is 1.53. The highest BCUT2D eigenvalue weighted by Gasteiger charge is 2.52. The maximum Gasteiger partial charge on any atom is 0.238 e. The Labute approximate surface area is 337 Å². The molecule has 0 N–H and O–H groups in total. The van der Waals surface area contributed by atoms with Crippen LogP contribution in [0.1, 0.15) is 27.8 Å². The van der Waals surface area contributed by atoms with E-state index < -0.39 is 5.41 Å². The average Bonchev–Trinajstić information content (AvgIpc) is 4.02. The SMILES string of the molecule is N#Cc1ccc(-c2nc(-c3ccc4c(c3)oc3ccccc34)nc(-n3c4ccccc4c4ccc5c(c43)-c3ccccc3C53c4ccccc4-c4ccccc43)n2)cc1.